The van der Waals surface area contributed by atoms with Gasteiger partial charge in [-0.1, -0.05) is 11.6 Å². The second-order valence-corrected chi connectivity index (χ2v) is 5.87. The molecule has 0 spiro atoms. The molecule has 1 aliphatic carbocycles. The number of nitriles is 1. The number of carbonyl (C=O) groups excluding carboxylic acids is 2. The number of amides is 2. The summed E-state index contributed by atoms with van der Waals surface area (Å²) in [5.41, 5.74) is 4.46. The van der Waals surface area contributed by atoms with Gasteiger partial charge in [-0.3, -0.25) is 9.59 Å². The number of nitrogens with zero attached hydrogens (tertiary/aromatic N) is 1. The molecule has 0 aliphatic heterocycles. The molecule has 1 saturated carbocycles. The van der Waals surface area contributed by atoms with E-state index in [1.165, 1.54) is 18.2 Å². The first-order valence-corrected chi connectivity index (χ1v) is 7.18. The molecule has 1 aromatic carbocycles. The monoisotopic (exact) mass is 321 g/mol. The van der Waals surface area contributed by atoms with Crippen molar-refractivity contribution in [3.8, 4) is 11.8 Å². The van der Waals surface area contributed by atoms with E-state index in [1.54, 1.807) is 6.92 Å². The summed E-state index contributed by atoms with van der Waals surface area (Å²) in [4.78, 5) is 23.3. The maximum Gasteiger partial charge on any atom is 0.259 e. The van der Waals surface area contributed by atoms with E-state index < -0.39 is 17.4 Å². The normalized spacial score (nSPS) is 16.2. The number of nitrogens with one attached hydrogen (secondary N) is 1. The summed E-state index contributed by atoms with van der Waals surface area (Å²) in [7, 11) is 0. The first-order valence-electron chi connectivity index (χ1n) is 6.80. The lowest BCUT2D eigenvalue weighted by atomic mass is 9.98. The molecule has 6 nitrogen and oxygen atoms in total. The van der Waals surface area contributed by atoms with Crippen molar-refractivity contribution in [3.05, 3.63) is 28.8 Å². The fourth-order valence-corrected chi connectivity index (χ4v) is 2.34. The second kappa shape index (κ2) is 6.24. The van der Waals surface area contributed by atoms with Crippen LogP contribution in [0.3, 0.4) is 0 Å². The Morgan fingerprint density at radius 1 is 1.55 bits per heavy atom. The molecule has 1 aliphatic rings. The molecule has 2 rings (SSSR count). The van der Waals surface area contributed by atoms with E-state index in [0.29, 0.717) is 5.02 Å². The van der Waals surface area contributed by atoms with Gasteiger partial charge >= 0.3 is 0 Å². The van der Waals surface area contributed by atoms with Gasteiger partial charge in [0.25, 0.3) is 11.8 Å². The molecule has 0 bridgehead atoms. The molecule has 2 amide bonds. The largest absolute Gasteiger partial charge is 0.483 e. The Balaban J connectivity index is 2.00. The van der Waals surface area contributed by atoms with Crippen LogP contribution < -0.4 is 15.8 Å². The van der Waals surface area contributed by atoms with Gasteiger partial charge in [0, 0.05) is 5.02 Å². The average molecular weight is 322 g/mol. The number of nitrogens with two attached hydrogens (primary N) is 1. The molecule has 0 unspecified atom stereocenters. The highest BCUT2D eigenvalue weighted by molar-refractivity contribution is 6.31. The van der Waals surface area contributed by atoms with Crippen molar-refractivity contribution in [1.82, 2.24) is 5.32 Å². The van der Waals surface area contributed by atoms with E-state index in [1.807, 2.05) is 0 Å². The van der Waals surface area contributed by atoms with Gasteiger partial charge in [-0.2, -0.15) is 5.26 Å². The van der Waals surface area contributed by atoms with Crippen molar-refractivity contribution >= 4 is 23.4 Å². The Hall–Kier alpha value is -2.26. The fraction of sp³-hybridized carbons (Fsp3) is 0.400. The molecular weight excluding hydrogens is 306 g/mol. The quantitative estimate of drug-likeness (QED) is 0.830. The van der Waals surface area contributed by atoms with Gasteiger partial charge in [-0.15, -0.1) is 0 Å². The molecule has 1 atom stereocenters. The first kappa shape index (κ1) is 16.1. The van der Waals surface area contributed by atoms with Crippen LogP contribution in [0.1, 0.15) is 30.1 Å². The highest BCUT2D eigenvalue weighted by Crippen LogP contribution is 2.39. The minimum atomic E-state index is -0.882. The summed E-state index contributed by atoms with van der Waals surface area (Å²) < 4.78 is 5.32. The van der Waals surface area contributed by atoms with Crippen molar-refractivity contribution in [2.45, 2.75) is 25.3 Å². The van der Waals surface area contributed by atoms with Crippen molar-refractivity contribution in [2.24, 2.45) is 11.7 Å². The Kier molecular flexibility index (Phi) is 4.57. The molecule has 7 heteroatoms. The van der Waals surface area contributed by atoms with E-state index in [2.05, 4.69) is 11.4 Å². The zero-order valence-corrected chi connectivity index (χ0v) is 12.8. The van der Waals surface area contributed by atoms with Crippen molar-refractivity contribution in [3.63, 3.8) is 0 Å². The second-order valence-electron chi connectivity index (χ2n) is 5.43. The van der Waals surface area contributed by atoms with E-state index in [0.717, 1.165) is 12.8 Å². The third-order valence-electron chi connectivity index (χ3n) is 3.59. The van der Waals surface area contributed by atoms with E-state index in [-0.39, 0.29) is 23.8 Å². The SMILES string of the molecule is C[C@@](C#N)(NC(=O)COc1ccc(Cl)cc1C(N)=O)C1CC1. The minimum absolute atomic E-state index is 0.102. The van der Waals surface area contributed by atoms with Crippen LogP contribution in [-0.4, -0.2) is 24.0 Å². The van der Waals surface area contributed by atoms with Crippen molar-refractivity contribution in [1.29, 1.82) is 5.26 Å². The van der Waals surface area contributed by atoms with Gasteiger partial charge in [0.05, 0.1) is 11.6 Å². The van der Waals surface area contributed by atoms with Gasteiger partial charge in [0.1, 0.15) is 11.3 Å². The van der Waals surface area contributed by atoms with Crippen LogP contribution in [0.4, 0.5) is 0 Å². The molecule has 0 saturated heterocycles. The predicted octanol–water partition coefficient (Wildman–Crippen LogP) is 1.63. The number of carbonyl (C=O) groups is 2. The smallest absolute Gasteiger partial charge is 0.259 e. The number of rotatable bonds is 6. The molecule has 3 N–H and O–H groups in total. The molecule has 1 fully saturated rings. The molecule has 116 valence electrons. The fourth-order valence-electron chi connectivity index (χ4n) is 2.17. The van der Waals surface area contributed by atoms with Gasteiger partial charge in [-0.25, -0.2) is 0 Å². The number of primary amides is 1. The number of hydrogen-bond acceptors (Lipinski definition) is 4. The van der Waals surface area contributed by atoms with Crippen LogP contribution in [0.5, 0.6) is 5.75 Å². The predicted molar refractivity (Wildman–Crippen MR) is 80.3 cm³/mol. The summed E-state index contributed by atoms with van der Waals surface area (Å²) in [6.45, 7) is 1.38. The highest BCUT2D eigenvalue weighted by Gasteiger charge is 2.43. The van der Waals surface area contributed by atoms with Gasteiger partial charge in [-0.05, 0) is 43.9 Å². The van der Waals surface area contributed by atoms with E-state index >= 15 is 0 Å². The van der Waals surface area contributed by atoms with Gasteiger partial charge in [0.2, 0.25) is 0 Å². The zero-order valence-electron chi connectivity index (χ0n) is 12.1. The van der Waals surface area contributed by atoms with Crippen LogP contribution in [0.15, 0.2) is 18.2 Å². The zero-order chi connectivity index (χ0) is 16.3. The molecule has 22 heavy (non-hydrogen) atoms. The number of hydrogen-bond donors (Lipinski definition) is 2. The van der Waals surface area contributed by atoms with E-state index in [9.17, 15) is 14.9 Å². The molecular formula is C15H16ClN3O3. The van der Waals surface area contributed by atoms with Gasteiger partial charge < -0.3 is 15.8 Å². The maximum atomic E-state index is 11.9. The summed E-state index contributed by atoms with van der Waals surface area (Å²) in [6.07, 6.45) is 1.85. The Morgan fingerprint density at radius 3 is 2.77 bits per heavy atom. The summed E-state index contributed by atoms with van der Waals surface area (Å²) in [5, 5.41) is 12.2. The highest BCUT2D eigenvalue weighted by atomic mass is 35.5. The Morgan fingerprint density at radius 2 is 2.23 bits per heavy atom. The summed E-state index contributed by atoms with van der Waals surface area (Å²) in [5.74, 6) is -0.769. The Bertz CT molecular complexity index is 652. The summed E-state index contributed by atoms with van der Waals surface area (Å²) >= 11 is 5.79. The third-order valence-corrected chi connectivity index (χ3v) is 3.83. The molecule has 0 radical (unpaired) electrons. The van der Waals surface area contributed by atoms with E-state index in [4.69, 9.17) is 22.1 Å². The lowest BCUT2D eigenvalue weighted by molar-refractivity contribution is -0.124. The number of ether oxygens (including phenoxy) is 1. The maximum absolute atomic E-state index is 11.9. The molecule has 0 aromatic heterocycles. The molecule has 1 aromatic rings. The minimum Gasteiger partial charge on any atom is -0.483 e. The lowest BCUT2D eigenvalue weighted by Crippen LogP contribution is -2.48. The lowest BCUT2D eigenvalue weighted by Gasteiger charge is -2.22. The van der Waals surface area contributed by atoms with Crippen LogP contribution >= 0.6 is 11.6 Å². The van der Waals surface area contributed by atoms with Crippen molar-refractivity contribution in [2.75, 3.05) is 6.61 Å². The number of benzene rings is 1. The standard InChI is InChI=1S/C15H16ClN3O3/c1-15(8-17,9-2-3-9)19-13(20)7-22-12-5-4-10(16)6-11(12)14(18)21/h4-6,9H,2-3,7H2,1H3,(H2,18,21)(H,19,20)/t15-/m0/s1. The average Bonchev–Trinajstić information content (AvgIpc) is 3.30. The van der Waals surface area contributed by atoms with Crippen LogP contribution in [0.25, 0.3) is 0 Å². The van der Waals surface area contributed by atoms with Crippen LogP contribution in [-0.2, 0) is 4.79 Å². The van der Waals surface area contributed by atoms with Gasteiger partial charge in [0.15, 0.2) is 6.61 Å². The Labute approximate surface area is 133 Å². The number of halogens is 1. The molecule has 0 heterocycles. The van der Waals surface area contributed by atoms with Crippen molar-refractivity contribution < 1.29 is 14.3 Å². The van der Waals surface area contributed by atoms with Crippen LogP contribution in [0.2, 0.25) is 5.02 Å². The van der Waals surface area contributed by atoms with Crippen LogP contribution in [0, 0.1) is 17.2 Å². The first-order chi connectivity index (χ1) is 10.4. The topological polar surface area (TPSA) is 105 Å². The summed E-state index contributed by atoms with van der Waals surface area (Å²) in [6, 6.07) is 6.51. The third kappa shape index (κ3) is 3.68.